The summed E-state index contributed by atoms with van der Waals surface area (Å²) in [5.74, 6) is 2.15. The van der Waals surface area contributed by atoms with Gasteiger partial charge in [0, 0.05) is 12.1 Å². The maximum Gasteiger partial charge on any atom is 0.251 e. The molecule has 0 aliphatic carbocycles. The van der Waals surface area contributed by atoms with E-state index in [1.54, 1.807) is 18.0 Å². The van der Waals surface area contributed by atoms with Crippen molar-refractivity contribution in [1.82, 2.24) is 15.1 Å². The highest BCUT2D eigenvalue weighted by atomic mass is 32.2. The van der Waals surface area contributed by atoms with Crippen molar-refractivity contribution >= 4 is 23.6 Å². The molecule has 6 nitrogen and oxygen atoms in total. The first-order valence-corrected chi connectivity index (χ1v) is 12.2. The number of benzene rings is 1. The summed E-state index contributed by atoms with van der Waals surface area (Å²) < 4.78 is 5.41. The molecule has 31 heavy (non-hydrogen) atoms. The lowest BCUT2D eigenvalue weighted by atomic mass is 9.99. The number of hydrogen-bond donors (Lipinski definition) is 1. The molecule has 1 unspecified atom stereocenters. The van der Waals surface area contributed by atoms with Crippen molar-refractivity contribution in [2.24, 2.45) is 5.92 Å². The normalized spacial score (nSPS) is 20.4. The van der Waals surface area contributed by atoms with Crippen molar-refractivity contribution in [2.75, 3.05) is 31.9 Å². The average molecular weight is 442 g/mol. The van der Waals surface area contributed by atoms with E-state index in [0.29, 0.717) is 24.4 Å². The Morgan fingerprint density at radius 1 is 1.19 bits per heavy atom. The van der Waals surface area contributed by atoms with E-state index >= 15 is 0 Å². The van der Waals surface area contributed by atoms with Crippen LogP contribution in [0.3, 0.4) is 0 Å². The first-order chi connectivity index (χ1) is 15.1. The van der Waals surface area contributed by atoms with E-state index in [1.807, 2.05) is 41.3 Å². The van der Waals surface area contributed by atoms with Gasteiger partial charge in [-0.05, 0) is 74.6 Å². The zero-order valence-corrected chi connectivity index (χ0v) is 18.9. The minimum atomic E-state index is -0.0537. The van der Waals surface area contributed by atoms with Crippen LogP contribution in [0.25, 0.3) is 0 Å². The summed E-state index contributed by atoms with van der Waals surface area (Å²) in [7, 11) is 0. The topological polar surface area (TPSA) is 65.8 Å². The number of amides is 2. The number of carbonyl (C=O) groups excluding carboxylic acids is 2. The van der Waals surface area contributed by atoms with Crippen LogP contribution in [0.15, 0.2) is 47.1 Å². The Hall–Kier alpha value is -2.25. The van der Waals surface area contributed by atoms with Crippen LogP contribution in [-0.2, 0) is 11.3 Å². The Labute approximate surface area is 188 Å². The first kappa shape index (κ1) is 22.0. The van der Waals surface area contributed by atoms with Gasteiger partial charge in [0.2, 0.25) is 5.91 Å². The number of furan rings is 1. The van der Waals surface area contributed by atoms with E-state index in [-0.39, 0.29) is 17.2 Å². The van der Waals surface area contributed by atoms with Gasteiger partial charge in [-0.15, -0.1) is 11.8 Å². The summed E-state index contributed by atoms with van der Waals surface area (Å²) in [6.45, 7) is 6.87. The number of thioether (sulfide) groups is 1. The van der Waals surface area contributed by atoms with E-state index in [4.69, 9.17) is 4.42 Å². The fraction of sp³-hybridized carbons (Fsp3) is 0.500. The number of carbonyl (C=O) groups is 2. The molecule has 0 radical (unpaired) electrons. The van der Waals surface area contributed by atoms with E-state index < -0.39 is 0 Å². The van der Waals surface area contributed by atoms with Gasteiger partial charge in [-0.2, -0.15) is 0 Å². The van der Waals surface area contributed by atoms with Gasteiger partial charge < -0.3 is 19.5 Å². The SMILES string of the molecule is CC1CCN(CCCNC(=O)c2ccc(C3SCC(=O)N3Cc3ccco3)cc2)CC1. The third kappa shape index (κ3) is 5.71. The third-order valence-corrected chi connectivity index (χ3v) is 7.40. The lowest BCUT2D eigenvalue weighted by Crippen LogP contribution is -2.35. The van der Waals surface area contributed by atoms with Gasteiger partial charge in [-0.25, -0.2) is 0 Å². The monoisotopic (exact) mass is 441 g/mol. The summed E-state index contributed by atoms with van der Waals surface area (Å²) in [5, 5.41) is 2.98. The van der Waals surface area contributed by atoms with Gasteiger partial charge in [0.1, 0.15) is 11.1 Å². The molecule has 2 amide bonds. The van der Waals surface area contributed by atoms with Gasteiger partial charge in [0.05, 0.1) is 18.6 Å². The summed E-state index contributed by atoms with van der Waals surface area (Å²) in [6, 6.07) is 11.3. The largest absolute Gasteiger partial charge is 0.467 e. The lowest BCUT2D eigenvalue weighted by molar-refractivity contribution is -0.128. The number of nitrogens with one attached hydrogen (secondary N) is 1. The van der Waals surface area contributed by atoms with E-state index in [1.165, 1.54) is 25.9 Å². The fourth-order valence-corrected chi connectivity index (χ4v) is 5.35. The summed E-state index contributed by atoms with van der Waals surface area (Å²) in [5.41, 5.74) is 1.68. The van der Waals surface area contributed by atoms with Crippen LogP contribution in [0.1, 0.15) is 53.2 Å². The maximum atomic E-state index is 12.5. The quantitative estimate of drug-likeness (QED) is 0.630. The van der Waals surface area contributed by atoms with Crippen molar-refractivity contribution in [3.05, 3.63) is 59.5 Å². The van der Waals surface area contributed by atoms with Crippen LogP contribution < -0.4 is 5.32 Å². The van der Waals surface area contributed by atoms with Crippen LogP contribution in [0.2, 0.25) is 0 Å². The molecule has 2 aliphatic heterocycles. The number of rotatable bonds is 8. The number of piperidine rings is 1. The van der Waals surface area contributed by atoms with E-state index in [0.717, 1.165) is 30.2 Å². The molecule has 2 saturated heterocycles. The van der Waals surface area contributed by atoms with Gasteiger partial charge >= 0.3 is 0 Å². The van der Waals surface area contributed by atoms with E-state index in [2.05, 4.69) is 17.1 Å². The van der Waals surface area contributed by atoms with Crippen LogP contribution in [0.5, 0.6) is 0 Å². The second-order valence-electron chi connectivity index (χ2n) is 8.52. The Morgan fingerprint density at radius 2 is 1.97 bits per heavy atom. The van der Waals surface area contributed by atoms with Crippen molar-refractivity contribution < 1.29 is 14.0 Å². The molecule has 4 rings (SSSR count). The molecule has 0 spiro atoms. The predicted octanol–water partition coefficient (Wildman–Crippen LogP) is 3.91. The molecule has 166 valence electrons. The Bertz CT molecular complexity index is 861. The Balaban J connectivity index is 1.26. The first-order valence-electron chi connectivity index (χ1n) is 11.1. The highest BCUT2D eigenvalue weighted by Crippen LogP contribution is 2.39. The van der Waals surface area contributed by atoms with Gasteiger partial charge in [0.25, 0.3) is 5.91 Å². The highest BCUT2D eigenvalue weighted by molar-refractivity contribution is 8.00. The van der Waals surface area contributed by atoms with Crippen molar-refractivity contribution in [3.8, 4) is 0 Å². The molecular weight excluding hydrogens is 410 g/mol. The molecule has 7 heteroatoms. The van der Waals surface area contributed by atoms with E-state index in [9.17, 15) is 9.59 Å². The molecule has 2 fully saturated rings. The molecule has 3 heterocycles. The summed E-state index contributed by atoms with van der Waals surface area (Å²) in [6.07, 6.45) is 5.16. The highest BCUT2D eigenvalue weighted by Gasteiger charge is 2.33. The Kier molecular flexibility index (Phi) is 7.35. The van der Waals surface area contributed by atoms with Gasteiger partial charge in [0.15, 0.2) is 0 Å². The zero-order valence-electron chi connectivity index (χ0n) is 18.1. The van der Waals surface area contributed by atoms with Crippen LogP contribution >= 0.6 is 11.8 Å². The zero-order chi connectivity index (χ0) is 21.6. The predicted molar refractivity (Wildman–Crippen MR) is 123 cm³/mol. The van der Waals surface area contributed by atoms with Crippen LogP contribution in [0.4, 0.5) is 0 Å². The number of likely N-dealkylation sites (tertiary alicyclic amines) is 1. The molecule has 1 atom stereocenters. The number of nitrogens with zero attached hydrogens (tertiary/aromatic N) is 2. The summed E-state index contributed by atoms with van der Waals surface area (Å²) >= 11 is 1.61. The summed E-state index contributed by atoms with van der Waals surface area (Å²) in [4.78, 5) is 29.2. The van der Waals surface area contributed by atoms with Crippen LogP contribution in [0, 0.1) is 5.92 Å². The number of hydrogen-bond acceptors (Lipinski definition) is 5. The second kappa shape index (κ2) is 10.4. The third-order valence-electron chi connectivity index (χ3n) is 6.15. The molecule has 1 aromatic carbocycles. The maximum absolute atomic E-state index is 12.5. The average Bonchev–Trinajstić information content (AvgIpc) is 3.43. The molecule has 2 aromatic rings. The second-order valence-corrected chi connectivity index (χ2v) is 9.59. The van der Waals surface area contributed by atoms with Crippen molar-refractivity contribution in [1.29, 1.82) is 0 Å². The standard InChI is InChI=1S/C24H31N3O3S/c1-18-9-13-26(14-10-18)12-3-11-25-23(29)19-5-7-20(8-6-19)24-27(22(28)17-31-24)16-21-4-2-15-30-21/h2,4-8,15,18,24H,3,9-14,16-17H2,1H3,(H,25,29). The fourth-order valence-electron chi connectivity index (χ4n) is 4.16. The van der Waals surface area contributed by atoms with Gasteiger partial charge in [-0.3, -0.25) is 9.59 Å². The smallest absolute Gasteiger partial charge is 0.251 e. The van der Waals surface area contributed by atoms with Gasteiger partial charge in [-0.1, -0.05) is 19.1 Å². The molecule has 1 aromatic heterocycles. The minimum Gasteiger partial charge on any atom is -0.467 e. The molecule has 2 aliphatic rings. The molecule has 0 saturated carbocycles. The van der Waals surface area contributed by atoms with Crippen LogP contribution in [-0.4, -0.2) is 53.5 Å². The van der Waals surface area contributed by atoms with Crippen molar-refractivity contribution in [2.45, 2.75) is 38.1 Å². The molecular formula is C24H31N3O3S. The Morgan fingerprint density at radius 3 is 2.68 bits per heavy atom. The molecule has 1 N–H and O–H groups in total. The minimum absolute atomic E-state index is 0.0404. The lowest BCUT2D eigenvalue weighted by Gasteiger charge is -2.30. The molecule has 0 bridgehead atoms. The van der Waals surface area contributed by atoms with Crippen molar-refractivity contribution in [3.63, 3.8) is 0 Å².